The highest BCUT2D eigenvalue weighted by molar-refractivity contribution is 7.92. The molecule has 1 rings (SSSR count). The monoisotopic (exact) mass is 324 g/mol. The summed E-state index contributed by atoms with van der Waals surface area (Å²) < 4.78 is 59.6. The molecule has 0 amide bonds. The number of carboxylic acids is 1. The second-order valence-corrected chi connectivity index (χ2v) is 6.98. The van der Waals surface area contributed by atoms with Crippen LogP contribution in [-0.2, 0) is 14.6 Å². The van der Waals surface area contributed by atoms with E-state index in [1.165, 1.54) is 0 Å². The van der Waals surface area contributed by atoms with E-state index in [-0.39, 0.29) is 11.5 Å². The zero-order valence-electron chi connectivity index (χ0n) is 11.4. The van der Waals surface area contributed by atoms with Crippen LogP contribution in [0, 0.1) is 5.92 Å². The van der Waals surface area contributed by atoms with Crippen molar-refractivity contribution in [2.45, 2.75) is 36.6 Å². The molecule has 0 radical (unpaired) electrons. The summed E-state index contributed by atoms with van der Waals surface area (Å²) in [5.74, 6) is -1.91. The normalized spacial score (nSPS) is 14.2. The molecule has 0 aliphatic rings. The molecule has 0 aliphatic carbocycles. The van der Waals surface area contributed by atoms with E-state index in [0.717, 1.165) is 24.3 Å². The predicted molar refractivity (Wildman–Crippen MR) is 69.5 cm³/mol. The number of carbonyl (C=O) groups is 1. The van der Waals surface area contributed by atoms with E-state index in [9.17, 15) is 26.4 Å². The Morgan fingerprint density at radius 3 is 2.00 bits per heavy atom. The Kier molecular flexibility index (Phi) is 5.03. The fourth-order valence-electron chi connectivity index (χ4n) is 1.86. The van der Waals surface area contributed by atoms with E-state index in [1.54, 1.807) is 0 Å². The van der Waals surface area contributed by atoms with E-state index < -0.39 is 32.1 Å². The minimum atomic E-state index is -5.41. The standard InChI is InChI=1S/C13H15F3O4S/c1-8(2)7-11(12(17)18)9-3-5-10(6-4-9)21(19,20)13(14,15)16/h3-6,8,11H,7H2,1-2H3,(H,17,18). The van der Waals surface area contributed by atoms with Crippen LogP contribution < -0.4 is 0 Å². The maximum absolute atomic E-state index is 12.4. The van der Waals surface area contributed by atoms with Crippen molar-refractivity contribution in [1.82, 2.24) is 0 Å². The summed E-state index contributed by atoms with van der Waals surface area (Å²) in [6.45, 7) is 3.64. The molecule has 0 heterocycles. The van der Waals surface area contributed by atoms with Gasteiger partial charge in [0.1, 0.15) is 0 Å². The average molecular weight is 324 g/mol. The summed E-state index contributed by atoms with van der Waals surface area (Å²) in [5, 5.41) is 9.14. The maximum atomic E-state index is 12.4. The van der Waals surface area contributed by atoms with Crippen molar-refractivity contribution < 1.29 is 31.5 Å². The summed E-state index contributed by atoms with van der Waals surface area (Å²) >= 11 is 0. The largest absolute Gasteiger partial charge is 0.501 e. The van der Waals surface area contributed by atoms with Gasteiger partial charge < -0.3 is 5.11 Å². The molecule has 0 saturated heterocycles. The Morgan fingerprint density at radius 2 is 1.67 bits per heavy atom. The topological polar surface area (TPSA) is 71.4 Å². The molecule has 0 aliphatic heterocycles. The maximum Gasteiger partial charge on any atom is 0.501 e. The fourth-order valence-corrected chi connectivity index (χ4v) is 2.63. The number of carboxylic acid groups (broad SMARTS) is 1. The van der Waals surface area contributed by atoms with Crippen LogP contribution in [0.1, 0.15) is 31.7 Å². The Morgan fingerprint density at radius 1 is 1.19 bits per heavy atom. The van der Waals surface area contributed by atoms with Crippen molar-refractivity contribution in [3.8, 4) is 0 Å². The third kappa shape index (κ3) is 3.96. The zero-order valence-corrected chi connectivity index (χ0v) is 12.2. The lowest BCUT2D eigenvalue weighted by Gasteiger charge is -2.15. The molecular weight excluding hydrogens is 309 g/mol. The van der Waals surface area contributed by atoms with Gasteiger partial charge in [0.2, 0.25) is 0 Å². The van der Waals surface area contributed by atoms with Gasteiger partial charge in [-0.2, -0.15) is 13.2 Å². The van der Waals surface area contributed by atoms with Gasteiger partial charge in [-0.1, -0.05) is 26.0 Å². The van der Waals surface area contributed by atoms with Crippen LogP contribution in [-0.4, -0.2) is 25.0 Å². The van der Waals surface area contributed by atoms with Crippen molar-refractivity contribution in [2.24, 2.45) is 5.92 Å². The van der Waals surface area contributed by atoms with Gasteiger partial charge >= 0.3 is 11.5 Å². The summed E-state index contributed by atoms with van der Waals surface area (Å²) in [6, 6.07) is 3.79. The van der Waals surface area contributed by atoms with Crippen LogP contribution in [0.25, 0.3) is 0 Å². The Labute approximate surface area is 120 Å². The highest BCUT2D eigenvalue weighted by atomic mass is 32.2. The summed E-state index contributed by atoms with van der Waals surface area (Å²) in [4.78, 5) is 10.3. The molecule has 1 aromatic rings. The van der Waals surface area contributed by atoms with E-state index in [0.29, 0.717) is 6.42 Å². The third-order valence-corrected chi connectivity index (χ3v) is 4.40. The fraction of sp³-hybridized carbons (Fsp3) is 0.462. The first-order valence-electron chi connectivity index (χ1n) is 6.11. The number of benzene rings is 1. The van der Waals surface area contributed by atoms with Crippen molar-refractivity contribution in [3.05, 3.63) is 29.8 Å². The first-order chi connectivity index (χ1) is 9.46. The van der Waals surface area contributed by atoms with Crippen molar-refractivity contribution in [1.29, 1.82) is 0 Å². The Balaban J connectivity index is 3.15. The van der Waals surface area contributed by atoms with Crippen LogP contribution in [0.2, 0.25) is 0 Å². The Hall–Kier alpha value is -1.57. The molecule has 21 heavy (non-hydrogen) atoms. The number of hydrogen-bond donors (Lipinski definition) is 1. The second-order valence-electron chi connectivity index (χ2n) is 5.04. The smallest absolute Gasteiger partial charge is 0.481 e. The van der Waals surface area contributed by atoms with Gasteiger partial charge in [-0.25, -0.2) is 8.42 Å². The summed E-state index contributed by atoms with van der Waals surface area (Å²) in [6.07, 6.45) is 0.306. The van der Waals surface area contributed by atoms with Gasteiger partial charge in [0, 0.05) is 0 Å². The summed E-state index contributed by atoms with van der Waals surface area (Å²) in [7, 11) is -5.41. The lowest BCUT2D eigenvalue weighted by Crippen LogP contribution is -2.23. The molecule has 0 fully saturated rings. The molecular formula is C13H15F3O4S. The molecule has 118 valence electrons. The van der Waals surface area contributed by atoms with E-state index >= 15 is 0 Å². The van der Waals surface area contributed by atoms with Gasteiger partial charge in [0.25, 0.3) is 9.84 Å². The molecule has 4 nitrogen and oxygen atoms in total. The first-order valence-corrected chi connectivity index (χ1v) is 7.59. The quantitative estimate of drug-likeness (QED) is 0.903. The Bertz CT molecular complexity index is 603. The molecule has 0 bridgehead atoms. The van der Waals surface area contributed by atoms with Crippen LogP contribution in [0.5, 0.6) is 0 Å². The number of halogens is 3. The molecule has 0 saturated carbocycles. The molecule has 0 spiro atoms. The SMILES string of the molecule is CC(C)CC(C(=O)O)c1ccc(S(=O)(=O)C(F)(F)F)cc1. The van der Waals surface area contributed by atoms with Crippen molar-refractivity contribution in [3.63, 3.8) is 0 Å². The molecule has 1 N–H and O–H groups in total. The summed E-state index contributed by atoms with van der Waals surface area (Å²) in [5.41, 5.74) is -5.10. The zero-order chi connectivity index (χ0) is 16.4. The van der Waals surface area contributed by atoms with E-state index in [4.69, 9.17) is 5.11 Å². The number of hydrogen-bond acceptors (Lipinski definition) is 3. The predicted octanol–water partition coefficient (Wildman–Crippen LogP) is 3.19. The van der Waals surface area contributed by atoms with Gasteiger partial charge in [0.15, 0.2) is 0 Å². The lowest BCUT2D eigenvalue weighted by atomic mass is 9.90. The van der Waals surface area contributed by atoms with Gasteiger partial charge in [-0.05, 0) is 30.0 Å². The number of rotatable bonds is 5. The number of alkyl halides is 3. The van der Waals surface area contributed by atoms with Gasteiger partial charge in [-0.15, -0.1) is 0 Å². The minimum Gasteiger partial charge on any atom is -0.481 e. The minimum absolute atomic E-state index is 0.0738. The van der Waals surface area contributed by atoms with Crippen molar-refractivity contribution in [2.75, 3.05) is 0 Å². The van der Waals surface area contributed by atoms with E-state index in [2.05, 4.69) is 0 Å². The lowest BCUT2D eigenvalue weighted by molar-refractivity contribution is -0.139. The van der Waals surface area contributed by atoms with Crippen LogP contribution >= 0.6 is 0 Å². The highest BCUT2D eigenvalue weighted by Gasteiger charge is 2.46. The van der Waals surface area contributed by atoms with Crippen molar-refractivity contribution >= 4 is 15.8 Å². The third-order valence-electron chi connectivity index (χ3n) is 2.90. The van der Waals surface area contributed by atoms with Gasteiger partial charge in [-0.3, -0.25) is 4.79 Å². The second kappa shape index (κ2) is 6.05. The number of aliphatic carboxylic acids is 1. The molecule has 1 unspecified atom stereocenters. The average Bonchev–Trinajstić information content (AvgIpc) is 2.34. The number of sulfone groups is 1. The molecule has 1 aromatic carbocycles. The van der Waals surface area contributed by atoms with Crippen LogP contribution in [0.3, 0.4) is 0 Å². The first kappa shape index (κ1) is 17.5. The van der Waals surface area contributed by atoms with E-state index in [1.807, 2.05) is 13.8 Å². The van der Waals surface area contributed by atoms with Gasteiger partial charge in [0.05, 0.1) is 10.8 Å². The van der Waals surface area contributed by atoms with Crippen LogP contribution in [0.4, 0.5) is 13.2 Å². The molecule has 0 aromatic heterocycles. The molecule has 8 heteroatoms. The highest BCUT2D eigenvalue weighted by Crippen LogP contribution is 2.31. The molecule has 1 atom stereocenters. The van der Waals surface area contributed by atoms with Crippen LogP contribution in [0.15, 0.2) is 29.2 Å².